The van der Waals surface area contributed by atoms with E-state index < -0.39 is 0 Å². The van der Waals surface area contributed by atoms with Crippen LogP contribution in [0.1, 0.15) is 32.1 Å². The van der Waals surface area contributed by atoms with E-state index in [4.69, 9.17) is 11.6 Å². The van der Waals surface area contributed by atoms with Crippen LogP contribution in [0.4, 0.5) is 5.82 Å². The Bertz CT molecular complexity index is 394. The van der Waals surface area contributed by atoms with Gasteiger partial charge in [-0.15, -0.1) is 10.2 Å². The van der Waals surface area contributed by atoms with Crippen molar-refractivity contribution in [2.45, 2.75) is 38.1 Å². The number of aromatic nitrogens is 2. The first kappa shape index (κ1) is 13.1. The van der Waals surface area contributed by atoms with Gasteiger partial charge < -0.3 is 9.80 Å². The zero-order chi connectivity index (χ0) is 13.1. The van der Waals surface area contributed by atoms with E-state index in [1.165, 1.54) is 45.2 Å². The lowest BCUT2D eigenvalue weighted by atomic mass is 10.00. The van der Waals surface area contributed by atoms with E-state index in [1.807, 2.05) is 12.1 Å². The van der Waals surface area contributed by atoms with Crippen molar-refractivity contribution in [1.29, 1.82) is 0 Å². The number of nitrogens with zero attached hydrogens (tertiary/aromatic N) is 4. The minimum atomic E-state index is 0.465. The normalized spacial score (nSPS) is 22.7. The molecule has 3 heterocycles. The molecule has 2 aliphatic heterocycles. The van der Waals surface area contributed by atoms with E-state index in [9.17, 15) is 0 Å². The fraction of sp³-hybridized carbons (Fsp3) is 0.714. The maximum absolute atomic E-state index is 5.78. The maximum atomic E-state index is 5.78. The highest BCUT2D eigenvalue weighted by atomic mass is 35.5. The molecule has 19 heavy (non-hydrogen) atoms. The Morgan fingerprint density at radius 2 is 1.68 bits per heavy atom. The summed E-state index contributed by atoms with van der Waals surface area (Å²) in [6.07, 6.45) is 6.65. The molecule has 4 nitrogen and oxygen atoms in total. The summed E-state index contributed by atoms with van der Waals surface area (Å²) >= 11 is 5.78. The lowest BCUT2D eigenvalue weighted by molar-refractivity contribution is 0.141. The first-order valence-corrected chi connectivity index (χ1v) is 7.69. The summed E-state index contributed by atoms with van der Waals surface area (Å²) in [4.78, 5) is 5.01. The van der Waals surface area contributed by atoms with Crippen molar-refractivity contribution in [2.75, 3.05) is 31.1 Å². The Hall–Kier alpha value is -0.870. The van der Waals surface area contributed by atoms with Crippen LogP contribution in [-0.2, 0) is 0 Å². The van der Waals surface area contributed by atoms with Crippen LogP contribution in [0.25, 0.3) is 0 Å². The van der Waals surface area contributed by atoms with Gasteiger partial charge >= 0.3 is 0 Å². The van der Waals surface area contributed by atoms with Gasteiger partial charge in [0.15, 0.2) is 11.0 Å². The fourth-order valence-electron chi connectivity index (χ4n) is 3.22. The van der Waals surface area contributed by atoms with Crippen LogP contribution in [0.5, 0.6) is 0 Å². The van der Waals surface area contributed by atoms with Gasteiger partial charge in [-0.2, -0.15) is 0 Å². The maximum Gasteiger partial charge on any atom is 0.151 e. The smallest absolute Gasteiger partial charge is 0.151 e. The summed E-state index contributed by atoms with van der Waals surface area (Å²) in [5, 5.41) is 8.56. The standard InChI is InChI=1S/C14H21ClN4/c15-13-4-5-14(17-16-13)19-10-6-12(7-11-19)18-8-2-1-3-9-18/h4-5,12H,1-3,6-11H2. The van der Waals surface area contributed by atoms with Gasteiger partial charge in [0, 0.05) is 19.1 Å². The van der Waals surface area contributed by atoms with E-state index in [-0.39, 0.29) is 0 Å². The number of likely N-dealkylation sites (tertiary alicyclic amines) is 1. The second kappa shape index (κ2) is 6.06. The monoisotopic (exact) mass is 280 g/mol. The zero-order valence-electron chi connectivity index (χ0n) is 11.3. The third-order valence-corrected chi connectivity index (χ3v) is 4.52. The van der Waals surface area contributed by atoms with Crippen molar-refractivity contribution in [3.05, 3.63) is 17.3 Å². The number of halogens is 1. The van der Waals surface area contributed by atoms with Gasteiger partial charge in [0.1, 0.15) is 0 Å². The lowest BCUT2D eigenvalue weighted by Crippen LogP contribution is -2.47. The number of hydrogen-bond donors (Lipinski definition) is 0. The lowest BCUT2D eigenvalue weighted by Gasteiger charge is -2.40. The molecule has 1 aromatic rings. The van der Waals surface area contributed by atoms with Crippen LogP contribution < -0.4 is 4.90 Å². The highest BCUT2D eigenvalue weighted by Gasteiger charge is 2.26. The van der Waals surface area contributed by atoms with Gasteiger partial charge in [-0.1, -0.05) is 18.0 Å². The van der Waals surface area contributed by atoms with Crippen LogP contribution in [-0.4, -0.2) is 47.3 Å². The Balaban J connectivity index is 1.55. The van der Waals surface area contributed by atoms with E-state index in [0.717, 1.165) is 24.9 Å². The van der Waals surface area contributed by atoms with Gasteiger partial charge in [-0.05, 0) is 50.9 Å². The topological polar surface area (TPSA) is 32.3 Å². The second-order valence-corrected chi connectivity index (χ2v) is 5.92. The molecule has 0 bridgehead atoms. The molecular weight excluding hydrogens is 260 g/mol. The average Bonchev–Trinajstić information content (AvgIpc) is 2.49. The molecule has 0 radical (unpaired) electrons. The van der Waals surface area contributed by atoms with E-state index in [1.54, 1.807) is 0 Å². The number of hydrogen-bond acceptors (Lipinski definition) is 4. The number of rotatable bonds is 2. The third kappa shape index (κ3) is 3.18. The summed E-state index contributed by atoms with van der Waals surface area (Å²) in [5.41, 5.74) is 0. The Kier molecular flexibility index (Phi) is 4.18. The first-order chi connectivity index (χ1) is 9.33. The van der Waals surface area contributed by atoms with Gasteiger partial charge in [-0.3, -0.25) is 0 Å². The van der Waals surface area contributed by atoms with Gasteiger partial charge in [0.2, 0.25) is 0 Å². The van der Waals surface area contributed by atoms with E-state index >= 15 is 0 Å². The number of piperidine rings is 2. The summed E-state index contributed by atoms with van der Waals surface area (Å²) in [6.45, 7) is 4.76. The predicted molar refractivity (Wildman–Crippen MR) is 77.7 cm³/mol. The van der Waals surface area contributed by atoms with Crippen molar-refractivity contribution in [3.63, 3.8) is 0 Å². The van der Waals surface area contributed by atoms with Crippen molar-refractivity contribution in [2.24, 2.45) is 0 Å². The molecule has 0 unspecified atom stereocenters. The zero-order valence-corrected chi connectivity index (χ0v) is 12.0. The molecule has 3 rings (SSSR count). The molecule has 0 amide bonds. The molecular formula is C14H21ClN4. The molecule has 2 aliphatic rings. The molecule has 0 atom stereocenters. The summed E-state index contributed by atoms with van der Waals surface area (Å²) in [7, 11) is 0. The largest absolute Gasteiger partial charge is 0.355 e. The molecule has 104 valence electrons. The Morgan fingerprint density at radius 1 is 0.947 bits per heavy atom. The van der Waals surface area contributed by atoms with Crippen molar-refractivity contribution in [3.8, 4) is 0 Å². The quantitative estimate of drug-likeness (QED) is 0.834. The fourth-order valence-corrected chi connectivity index (χ4v) is 3.32. The molecule has 2 saturated heterocycles. The molecule has 1 aromatic heterocycles. The van der Waals surface area contributed by atoms with Crippen LogP contribution in [0, 0.1) is 0 Å². The van der Waals surface area contributed by atoms with Crippen LogP contribution in [0.15, 0.2) is 12.1 Å². The Labute approximate surface area is 119 Å². The predicted octanol–water partition coefficient (Wildman–Crippen LogP) is 2.58. The van der Waals surface area contributed by atoms with E-state index in [0.29, 0.717) is 5.15 Å². The highest BCUT2D eigenvalue weighted by Crippen LogP contribution is 2.23. The van der Waals surface area contributed by atoms with Crippen molar-refractivity contribution in [1.82, 2.24) is 15.1 Å². The van der Waals surface area contributed by atoms with E-state index in [2.05, 4.69) is 20.0 Å². The summed E-state index contributed by atoms with van der Waals surface area (Å²) in [5.74, 6) is 0.960. The average molecular weight is 281 g/mol. The SMILES string of the molecule is Clc1ccc(N2CCC(N3CCCCC3)CC2)nn1. The number of anilines is 1. The van der Waals surface area contributed by atoms with Gasteiger partial charge in [0.05, 0.1) is 0 Å². The van der Waals surface area contributed by atoms with Crippen LogP contribution in [0.2, 0.25) is 5.15 Å². The van der Waals surface area contributed by atoms with Crippen molar-refractivity contribution < 1.29 is 0 Å². The summed E-state index contributed by atoms with van der Waals surface area (Å²) in [6, 6.07) is 4.56. The van der Waals surface area contributed by atoms with Crippen LogP contribution in [0.3, 0.4) is 0 Å². The molecule has 2 fully saturated rings. The van der Waals surface area contributed by atoms with Crippen LogP contribution >= 0.6 is 11.6 Å². The van der Waals surface area contributed by atoms with Crippen molar-refractivity contribution >= 4 is 17.4 Å². The minimum absolute atomic E-state index is 0.465. The molecule has 0 spiro atoms. The third-order valence-electron chi connectivity index (χ3n) is 4.31. The molecule has 0 aliphatic carbocycles. The molecule has 0 saturated carbocycles. The second-order valence-electron chi connectivity index (χ2n) is 5.53. The molecule has 0 N–H and O–H groups in total. The summed E-state index contributed by atoms with van der Waals surface area (Å²) < 4.78 is 0. The highest BCUT2D eigenvalue weighted by molar-refractivity contribution is 6.29. The molecule has 5 heteroatoms. The Morgan fingerprint density at radius 3 is 2.32 bits per heavy atom. The van der Waals surface area contributed by atoms with Gasteiger partial charge in [0.25, 0.3) is 0 Å². The van der Waals surface area contributed by atoms with Gasteiger partial charge in [-0.25, -0.2) is 0 Å². The first-order valence-electron chi connectivity index (χ1n) is 7.31. The minimum Gasteiger partial charge on any atom is -0.355 e. The molecule has 0 aromatic carbocycles.